The Kier molecular flexibility index (Phi) is 7.97. The van der Waals surface area contributed by atoms with Gasteiger partial charge in [0.2, 0.25) is 5.88 Å². The summed E-state index contributed by atoms with van der Waals surface area (Å²) < 4.78 is 50.4. The van der Waals surface area contributed by atoms with E-state index in [1.165, 1.54) is 42.3 Å². The van der Waals surface area contributed by atoms with Crippen molar-refractivity contribution in [3.05, 3.63) is 105 Å². The number of nitrogens with zero attached hydrogens (tertiary/aromatic N) is 5. The second-order valence-corrected chi connectivity index (χ2v) is 10.3. The Hall–Kier alpha value is -5.61. The Bertz CT molecular complexity index is 2050. The number of nitriles is 1. The third kappa shape index (κ3) is 5.83. The SMILES string of the molecule is COc1cc(C#N)ccc1COc1ccnc(-c2cc(F)c(Cn3c(=O)c4ccc(C(=O)O)cc4n3C[C@@H]3CCO3)cc2F)n1. The molecule has 6 rings (SSSR count). The number of hydrogen-bond donors (Lipinski definition) is 1. The number of hydrogen-bond acceptors (Lipinski definition) is 8. The van der Waals surface area contributed by atoms with E-state index >= 15 is 8.78 Å². The Morgan fingerprint density at radius 2 is 1.93 bits per heavy atom. The molecule has 5 aromatic rings. The highest BCUT2D eigenvalue weighted by molar-refractivity contribution is 5.93. The molecule has 0 radical (unpaired) electrons. The summed E-state index contributed by atoms with van der Waals surface area (Å²) in [4.78, 5) is 33.3. The van der Waals surface area contributed by atoms with Gasteiger partial charge in [0.15, 0.2) is 5.82 Å². The van der Waals surface area contributed by atoms with E-state index in [1.54, 1.807) is 22.9 Å². The average molecular weight is 614 g/mol. The topological polar surface area (TPSA) is 141 Å². The summed E-state index contributed by atoms with van der Waals surface area (Å²) in [5, 5.41) is 18.8. The first-order chi connectivity index (χ1) is 21.7. The molecule has 0 unspecified atom stereocenters. The summed E-state index contributed by atoms with van der Waals surface area (Å²) in [6.07, 6.45) is 1.90. The van der Waals surface area contributed by atoms with Gasteiger partial charge in [0.25, 0.3) is 5.56 Å². The highest BCUT2D eigenvalue weighted by Gasteiger charge is 2.24. The van der Waals surface area contributed by atoms with E-state index in [4.69, 9.17) is 19.5 Å². The molecule has 13 heteroatoms. The summed E-state index contributed by atoms with van der Waals surface area (Å²) in [7, 11) is 1.47. The molecule has 1 N–H and O–H groups in total. The fraction of sp³-hybridized carbons (Fsp3) is 0.219. The van der Waals surface area contributed by atoms with Crippen LogP contribution < -0.4 is 15.0 Å². The summed E-state index contributed by atoms with van der Waals surface area (Å²) >= 11 is 0. The van der Waals surface area contributed by atoms with Gasteiger partial charge in [0.05, 0.1) is 60.0 Å². The predicted octanol–water partition coefficient (Wildman–Crippen LogP) is 4.53. The zero-order valence-electron chi connectivity index (χ0n) is 23.9. The van der Waals surface area contributed by atoms with Gasteiger partial charge in [0.1, 0.15) is 24.0 Å². The van der Waals surface area contributed by atoms with Gasteiger partial charge in [0, 0.05) is 30.0 Å². The van der Waals surface area contributed by atoms with Crippen LogP contribution in [-0.4, -0.2) is 50.2 Å². The number of fused-ring (bicyclic) bond motifs is 1. The Balaban J connectivity index is 1.29. The van der Waals surface area contributed by atoms with Crippen LogP contribution in [-0.2, 0) is 24.4 Å². The lowest BCUT2D eigenvalue weighted by atomic mass is 10.1. The maximum Gasteiger partial charge on any atom is 0.335 e. The van der Waals surface area contributed by atoms with E-state index in [0.29, 0.717) is 29.0 Å². The third-order valence-corrected chi connectivity index (χ3v) is 7.57. The van der Waals surface area contributed by atoms with E-state index < -0.39 is 23.2 Å². The average Bonchev–Trinajstić information content (AvgIpc) is 3.28. The van der Waals surface area contributed by atoms with Crippen LogP contribution in [0.5, 0.6) is 11.6 Å². The molecule has 2 aromatic heterocycles. The van der Waals surface area contributed by atoms with Gasteiger partial charge in [-0.1, -0.05) is 6.07 Å². The highest BCUT2D eigenvalue weighted by atomic mass is 19.1. The van der Waals surface area contributed by atoms with Gasteiger partial charge in [-0.05, 0) is 48.9 Å². The predicted molar refractivity (Wildman–Crippen MR) is 156 cm³/mol. The normalized spacial score (nSPS) is 14.1. The van der Waals surface area contributed by atoms with Crippen molar-refractivity contribution in [2.24, 2.45) is 0 Å². The first-order valence-corrected chi connectivity index (χ1v) is 13.8. The third-order valence-electron chi connectivity index (χ3n) is 7.57. The summed E-state index contributed by atoms with van der Waals surface area (Å²) in [6, 6.07) is 14.5. The molecular formula is C32H25F2N5O6. The van der Waals surface area contributed by atoms with E-state index in [2.05, 4.69) is 9.97 Å². The molecule has 0 aliphatic carbocycles. The van der Waals surface area contributed by atoms with Crippen molar-refractivity contribution in [3.8, 4) is 29.1 Å². The van der Waals surface area contributed by atoms with Gasteiger partial charge in [-0.3, -0.25) is 9.48 Å². The Morgan fingerprint density at radius 1 is 1.11 bits per heavy atom. The van der Waals surface area contributed by atoms with Crippen molar-refractivity contribution in [2.75, 3.05) is 13.7 Å². The van der Waals surface area contributed by atoms with Crippen LogP contribution in [0.3, 0.4) is 0 Å². The number of carboxylic acids is 1. The molecule has 1 aliphatic heterocycles. The summed E-state index contributed by atoms with van der Waals surface area (Å²) in [5.41, 5.74) is 0.636. The fourth-order valence-corrected chi connectivity index (χ4v) is 5.09. The lowest BCUT2D eigenvalue weighted by molar-refractivity contribution is -0.0618. The standard InChI is InChI=1S/C32H25F2N5O6/c1-43-28-10-18(14-35)2-3-20(28)17-45-29-6-8-36-30(37-29)24-13-25(33)21(11-26(24)34)15-39-31(40)23-5-4-19(32(41)42)12-27(23)38(39)16-22-7-9-44-22/h2-6,8,10-13,22H,7,9,15-17H2,1H3,(H,41,42)/t22-/m0/s1. The zero-order chi connectivity index (χ0) is 31.7. The highest BCUT2D eigenvalue weighted by Crippen LogP contribution is 2.27. The molecule has 45 heavy (non-hydrogen) atoms. The van der Waals surface area contributed by atoms with Gasteiger partial charge in [-0.15, -0.1) is 0 Å². The van der Waals surface area contributed by atoms with Crippen LogP contribution in [0.1, 0.15) is 33.5 Å². The van der Waals surface area contributed by atoms with Crippen molar-refractivity contribution >= 4 is 16.9 Å². The number of carboxylic acid groups (broad SMARTS) is 1. The van der Waals surface area contributed by atoms with Crippen LogP contribution in [0, 0.1) is 23.0 Å². The van der Waals surface area contributed by atoms with Gasteiger partial charge in [-0.25, -0.2) is 23.2 Å². The molecule has 1 saturated heterocycles. The molecule has 0 amide bonds. The quantitative estimate of drug-likeness (QED) is 0.240. The lowest BCUT2D eigenvalue weighted by Crippen LogP contribution is -2.35. The monoisotopic (exact) mass is 613 g/mol. The van der Waals surface area contributed by atoms with Crippen LogP contribution in [0.25, 0.3) is 22.3 Å². The van der Waals surface area contributed by atoms with Crippen molar-refractivity contribution in [2.45, 2.75) is 32.2 Å². The second-order valence-electron chi connectivity index (χ2n) is 10.3. The van der Waals surface area contributed by atoms with Gasteiger partial charge < -0.3 is 19.3 Å². The first kappa shape index (κ1) is 29.5. The molecule has 11 nitrogen and oxygen atoms in total. The number of halogens is 2. The number of carbonyl (C=O) groups is 1. The number of ether oxygens (including phenoxy) is 3. The molecule has 1 aliphatic rings. The molecule has 0 bridgehead atoms. The minimum Gasteiger partial charge on any atom is -0.496 e. The van der Waals surface area contributed by atoms with E-state index in [-0.39, 0.29) is 59.6 Å². The van der Waals surface area contributed by atoms with Crippen molar-refractivity contribution < 1.29 is 32.9 Å². The number of aromatic carboxylic acids is 1. The van der Waals surface area contributed by atoms with Crippen LogP contribution in [0.2, 0.25) is 0 Å². The second kappa shape index (κ2) is 12.2. The molecule has 0 saturated carbocycles. The Labute approximate surface area is 254 Å². The fourth-order valence-electron chi connectivity index (χ4n) is 5.09. The minimum atomic E-state index is -1.15. The number of rotatable bonds is 10. The Morgan fingerprint density at radius 3 is 2.64 bits per heavy atom. The smallest absolute Gasteiger partial charge is 0.335 e. The van der Waals surface area contributed by atoms with E-state index in [0.717, 1.165) is 18.6 Å². The lowest BCUT2D eigenvalue weighted by Gasteiger charge is -2.28. The molecule has 1 fully saturated rings. The summed E-state index contributed by atoms with van der Waals surface area (Å²) in [5.74, 6) is -2.32. The van der Waals surface area contributed by atoms with Crippen molar-refractivity contribution in [1.29, 1.82) is 5.26 Å². The minimum absolute atomic E-state index is 0.00763. The molecular weight excluding hydrogens is 588 g/mol. The van der Waals surface area contributed by atoms with Crippen molar-refractivity contribution in [1.82, 2.24) is 19.3 Å². The number of aromatic nitrogens is 4. The van der Waals surface area contributed by atoms with E-state index in [1.807, 2.05) is 6.07 Å². The molecule has 1 atom stereocenters. The largest absolute Gasteiger partial charge is 0.496 e. The van der Waals surface area contributed by atoms with Gasteiger partial charge in [-0.2, -0.15) is 10.2 Å². The van der Waals surface area contributed by atoms with Crippen LogP contribution in [0.4, 0.5) is 8.78 Å². The molecule has 228 valence electrons. The maximum atomic E-state index is 15.5. The van der Waals surface area contributed by atoms with Gasteiger partial charge >= 0.3 is 5.97 Å². The summed E-state index contributed by atoms with van der Waals surface area (Å²) in [6.45, 7) is 0.512. The first-order valence-electron chi connectivity index (χ1n) is 13.8. The van der Waals surface area contributed by atoms with E-state index in [9.17, 15) is 14.7 Å². The number of methoxy groups -OCH3 is 1. The molecule has 3 aromatic carbocycles. The van der Waals surface area contributed by atoms with Crippen molar-refractivity contribution in [3.63, 3.8) is 0 Å². The molecule has 0 spiro atoms. The number of benzene rings is 3. The maximum absolute atomic E-state index is 15.5. The zero-order valence-corrected chi connectivity index (χ0v) is 23.9. The van der Waals surface area contributed by atoms with Crippen LogP contribution >= 0.6 is 0 Å². The van der Waals surface area contributed by atoms with Crippen LogP contribution in [0.15, 0.2) is 65.6 Å². The molecule has 3 heterocycles.